The van der Waals surface area contributed by atoms with Gasteiger partial charge in [0.25, 0.3) is 5.69 Å². The van der Waals surface area contributed by atoms with Gasteiger partial charge in [0.2, 0.25) is 0 Å². The van der Waals surface area contributed by atoms with E-state index in [-0.39, 0.29) is 12.3 Å². The third-order valence-electron chi connectivity index (χ3n) is 2.58. The molecule has 8 nitrogen and oxygen atoms in total. The van der Waals surface area contributed by atoms with E-state index in [2.05, 4.69) is 4.36 Å². The molecule has 25 heavy (non-hydrogen) atoms. The molecule has 0 aliphatic rings. The summed E-state index contributed by atoms with van der Waals surface area (Å²) in [4.78, 5) is 19.7. The summed E-state index contributed by atoms with van der Waals surface area (Å²) in [5.74, 6) is -1.09. The lowest BCUT2D eigenvalue weighted by atomic mass is 10.1. The first-order valence-electron chi connectivity index (χ1n) is 6.69. The van der Waals surface area contributed by atoms with Crippen LogP contribution in [0.2, 0.25) is 0 Å². The number of carbonyl (C=O) groups is 1. The maximum atomic E-state index is 12.0. The van der Waals surface area contributed by atoms with Gasteiger partial charge in [0.1, 0.15) is 0 Å². The topological polar surface area (TPSA) is 127 Å². The first kappa shape index (κ1) is 22.5. The van der Waals surface area contributed by atoms with Gasteiger partial charge >= 0.3 is 22.6 Å². The van der Waals surface area contributed by atoms with E-state index in [1.807, 2.05) is 0 Å². The molecule has 12 heteroatoms. The van der Waals surface area contributed by atoms with E-state index < -0.39 is 44.9 Å². The number of non-ortho nitro benzene ring substituents is 1. The number of rotatable bonds is 5. The van der Waals surface area contributed by atoms with Crippen molar-refractivity contribution in [2.45, 2.75) is 32.5 Å². The van der Waals surface area contributed by atoms with Gasteiger partial charge < -0.3 is 5.11 Å². The van der Waals surface area contributed by atoms with Gasteiger partial charge in [-0.3, -0.25) is 10.1 Å². The molecule has 1 aromatic carbocycles. The van der Waals surface area contributed by atoms with Crippen LogP contribution in [0.5, 0.6) is 0 Å². The molecule has 1 aromatic rings. The molecule has 1 N–H and O–H groups in total. The van der Waals surface area contributed by atoms with Gasteiger partial charge in [-0.2, -0.15) is 26.0 Å². The van der Waals surface area contributed by atoms with Gasteiger partial charge in [0, 0.05) is 12.1 Å². The summed E-state index contributed by atoms with van der Waals surface area (Å²) in [5, 5.41) is 18.6. The second kappa shape index (κ2) is 9.71. The first-order valence-corrected chi connectivity index (χ1v) is 7.72. The normalized spacial score (nSPS) is 11.9. The minimum atomic E-state index is -4.54. The zero-order chi connectivity index (χ0) is 19.8. The van der Waals surface area contributed by atoms with E-state index in [0.29, 0.717) is 6.07 Å². The number of halogens is 3. The summed E-state index contributed by atoms with van der Waals surface area (Å²) in [5.41, 5.74) is -1.57. The Morgan fingerprint density at radius 1 is 1.36 bits per heavy atom. The zero-order valence-corrected chi connectivity index (χ0v) is 13.9. The van der Waals surface area contributed by atoms with Gasteiger partial charge in [-0.1, -0.05) is 19.9 Å². The van der Waals surface area contributed by atoms with Crippen LogP contribution >= 0.6 is 0 Å². The van der Waals surface area contributed by atoms with E-state index in [1.165, 1.54) is 0 Å². The van der Waals surface area contributed by atoms with Crippen molar-refractivity contribution < 1.29 is 36.4 Å². The van der Waals surface area contributed by atoms with E-state index in [9.17, 15) is 36.5 Å². The number of nitro benzene ring substituents is 1. The lowest BCUT2D eigenvalue weighted by molar-refractivity contribution is -0.385. The van der Waals surface area contributed by atoms with Crippen LogP contribution in [-0.2, 0) is 21.5 Å². The van der Waals surface area contributed by atoms with Gasteiger partial charge in [-0.15, -0.1) is 0 Å². The summed E-state index contributed by atoms with van der Waals surface area (Å²) in [6, 6.07) is 2.16. The molecule has 1 unspecified atom stereocenters. The fraction of sp³-hybridized carbons (Fsp3) is 0.462. The Labute approximate surface area is 142 Å². The van der Waals surface area contributed by atoms with E-state index in [1.54, 1.807) is 13.8 Å². The van der Waals surface area contributed by atoms with Crippen molar-refractivity contribution in [2.24, 2.45) is 10.3 Å². The van der Waals surface area contributed by atoms with Crippen LogP contribution in [0, 0.1) is 16.0 Å². The van der Waals surface area contributed by atoms with Crippen molar-refractivity contribution in [2.75, 3.05) is 0 Å². The van der Waals surface area contributed by atoms with Crippen LogP contribution in [0.1, 0.15) is 25.8 Å². The average molecular weight is 384 g/mol. The number of nitrogens with zero attached hydrogens (tertiary/aromatic N) is 2. The zero-order valence-electron chi connectivity index (χ0n) is 13.1. The number of alkyl halides is 3. The Balaban J connectivity index is 0.000000463. The van der Waals surface area contributed by atoms with Crippen molar-refractivity contribution in [1.82, 2.24) is 0 Å². The Morgan fingerprint density at radius 3 is 2.28 bits per heavy atom. The van der Waals surface area contributed by atoms with Crippen molar-refractivity contribution in [3.05, 3.63) is 39.9 Å². The summed E-state index contributed by atoms with van der Waals surface area (Å²) in [7, 11) is -2.64. The van der Waals surface area contributed by atoms with Gasteiger partial charge in [-0.25, -0.2) is 4.79 Å². The van der Waals surface area contributed by atoms with E-state index in [0.717, 1.165) is 18.2 Å². The predicted molar refractivity (Wildman–Crippen MR) is 80.3 cm³/mol. The Bertz CT molecular complexity index is 738. The van der Waals surface area contributed by atoms with Crippen LogP contribution < -0.4 is 0 Å². The number of aliphatic carboxylic acids is 1. The molecule has 0 spiro atoms. The lowest BCUT2D eigenvalue weighted by Gasteiger charge is -2.06. The van der Waals surface area contributed by atoms with Crippen LogP contribution in [0.3, 0.4) is 0 Å². The molecular formula is C13H15F3N2O6S. The molecule has 140 valence electrons. The minimum absolute atomic E-state index is 0.110. The Hall–Kier alpha value is -2.50. The number of nitro groups is 1. The smallest absolute Gasteiger partial charge is 0.416 e. The highest BCUT2D eigenvalue weighted by Crippen LogP contribution is 2.30. The van der Waals surface area contributed by atoms with Crippen molar-refractivity contribution in [1.29, 1.82) is 0 Å². The summed E-state index contributed by atoms with van der Waals surface area (Å²) in [6.07, 6.45) is -4.30. The SMILES string of the molecule is CC(C)CC(N=S(=O)=O)C(=O)O.O=[N+]([O-])c1cccc(C(F)(F)F)c1. The molecule has 0 amide bonds. The molecule has 0 saturated carbocycles. The molecular weight excluding hydrogens is 369 g/mol. The second-order valence-corrected chi connectivity index (χ2v) is 5.76. The van der Waals surface area contributed by atoms with Gasteiger partial charge in [-0.05, 0) is 18.4 Å². The predicted octanol–water partition coefficient (Wildman–Crippen LogP) is 3.16. The molecule has 0 fully saturated rings. The number of hydrogen-bond acceptors (Lipinski definition) is 6. The second-order valence-electron chi connectivity index (χ2n) is 5.11. The fourth-order valence-corrected chi connectivity index (χ4v) is 1.92. The maximum absolute atomic E-state index is 12.0. The molecule has 1 rings (SSSR count). The molecule has 1 atom stereocenters. The summed E-state index contributed by atoms with van der Waals surface area (Å²) >= 11 is 0. The number of carboxylic acid groups (broad SMARTS) is 1. The average Bonchev–Trinajstić information content (AvgIpc) is 2.45. The third-order valence-corrected chi connectivity index (χ3v) is 3.00. The lowest BCUT2D eigenvalue weighted by Crippen LogP contribution is -2.19. The largest absolute Gasteiger partial charge is 0.480 e. The van der Waals surface area contributed by atoms with Gasteiger partial charge in [0.05, 0.1) is 10.5 Å². The van der Waals surface area contributed by atoms with Crippen LogP contribution in [0.4, 0.5) is 18.9 Å². The molecule has 0 aliphatic carbocycles. The fourth-order valence-electron chi connectivity index (χ4n) is 1.54. The standard InChI is InChI=1S/C7H4F3NO2.C6H11NO4S/c8-7(9,10)5-2-1-3-6(4-5)11(12)13;1-4(2)3-5(6(8)9)7-12(10)11/h1-4H;4-5H,3H2,1-2H3,(H,8,9). The van der Waals surface area contributed by atoms with E-state index >= 15 is 0 Å². The van der Waals surface area contributed by atoms with Crippen LogP contribution in [0.25, 0.3) is 0 Å². The van der Waals surface area contributed by atoms with Crippen LogP contribution in [-0.4, -0.2) is 30.5 Å². The van der Waals surface area contributed by atoms with Crippen molar-refractivity contribution >= 4 is 22.2 Å². The Kier molecular flexibility index (Phi) is 8.74. The maximum Gasteiger partial charge on any atom is 0.416 e. The number of carboxylic acids is 1. The van der Waals surface area contributed by atoms with Gasteiger partial charge in [0.15, 0.2) is 6.04 Å². The number of hydrogen-bond donors (Lipinski definition) is 1. The van der Waals surface area contributed by atoms with Crippen molar-refractivity contribution in [3.63, 3.8) is 0 Å². The minimum Gasteiger partial charge on any atom is -0.480 e. The quantitative estimate of drug-likeness (QED) is 0.614. The molecule has 0 radical (unpaired) electrons. The molecule has 0 aromatic heterocycles. The molecule has 0 aliphatic heterocycles. The molecule has 0 bridgehead atoms. The third kappa shape index (κ3) is 9.39. The first-order chi connectivity index (χ1) is 11.3. The summed E-state index contributed by atoms with van der Waals surface area (Å²) in [6.45, 7) is 3.61. The van der Waals surface area contributed by atoms with E-state index in [4.69, 9.17) is 5.11 Å². The number of benzene rings is 1. The summed E-state index contributed by atoms with van der Waals surface area (Å²) < 4.78 is 59.2. The molecule has 0 heterocycles. The highest BCUT2D eigenvalue weighted by atomic mass is 32.2. The Morgan fingerprint density at radius 2 is 1.92 bits per heavy atom. The monoisotopic (exact) mass is 384 g/mol. The highest BCUT2D eigenvalue weighted by molar-refractivity contribution is 7.61. The highest BCUT2D eigenvalue weighted by Gasteiger charge is 2.31. The van der Waals surface area contributed by atoms with Crippen molar-refractivity contribution in [3.8, 4) is 0 Å². The molecule has 0 saturated heterocycles. The van der Waals surface area contributed by atoms with Crippen LogP contribution in [0.15, 0.2) is 28.6 Å².